The molecule has 1 aliphatic rings. The summed E-state index contributed by atoms with van der Waals surface area (Å²) in [4.78, 5) is 29.9. The first-order valence-corrected chi connectivity index (χ1v) is 7.22. The maximum atomic E-state index is 12.7. The van der Waals surface area contributed by atoms with Crippen molar-refractivity contribution >= 4 is 11.9 Å². The van der Waals surface area contributed by atoms with Crippen LogP contribution in [0, 0.1) is 0 Å². The number of aromatic nitrogens is 2. The van der Waals surface area contributed by atoms with E-state index in [0.29, 0.717) is 18.9 Å². The smallest absolute Gasteiger partial charge is 0.312 e. The number of aliphatic carboxylic acids is 1. The summed E-state index contributed by atoms with van der Waals surface area (Å²) in [6.07, 6.45) is 3.34. The molecule has 1 amide bonds. The maximum absolute atomic E-state index is 12.7. The van der Waals surface area contributed by atoms with Crippen LogP contribution in [0.1, 0.15) is 34.6 Å². The van der Waals surface area contributed by atoms with E-state index in [1.165, 1.54) is 0 Å². The standard InChI is InChI=1S/C16H17N3O3/c1-2-18-8-7-17-14(18)15(20)19-9-11-5-3-4-6-12(11)13(10-19)16(21)22/h3-8,13H,2,9-10H2,1H3,(H,21,22). The molecule has 1 unspecified atom stereocenters. The van der Waals surface area contributed by atoms with Crippen molar-refractivity contribution in [1.29, 1.82) is 0 Å². The minimum absolute atomic E-state index is 0.168. The topological polar surface area (TPSA) is 75.4 Å². The van der Waals surface area contributed by atoms with Gasteiger partial charge in [-0.2, -0.15) is 0 Å². The second-order valence-electron chi connectivity index (χ2n) is 5.31. The number of fused-ring (bicyclic) bond motifs is 1. The number of imidazole rings is 1. The van der Waals surface area contributed by atoms with Gasteiger partial charge >= 0.3 is 5.97 Å². The summed E-state index contributed by atoms with van der Waals surface area (Å²) in [5.74, 6) is -1.48. The highest BCUT2D eigenvalue weighted by Crippen LogP contribution is 2.29. The zero-order chi connectivity index (χ0) is 15.7. The summed E-state index contributed by atoms with van der Waals surface area (Å²) in [5.41, 5.74) is 1.67. The van der Waals surface area contributed by atoms with Gasteiger partial charge in [0.2, 0.25) is 0 Å². The molecule has 6 nitrogen and oxygen atoms in total. The van der Waals surface area contributed by atoms with Gasteiger partial charge in [0.15, 0.2) is 5.82 Å². The highest BCUT2D eigenvalue weighted by atomic mass is 16.4. The minimum Gasteiger partial charge on any atom is -0.481 e. The third kappa shape index (κ3) is 2.36. The Morgan fingerprint density at radius 2 is 2.14 bits per heavy atom. The van der Waals surface area contributed by atoms with E-state index in [0.717, 1.165) is 11.1 Å². The molecule has 6 heteroatoms. The summed E-state index contributed by atoms with van der Waals surface area (Å²) in [6.45, 7) is 3.16. The summed E-state index contributed by atoms with van der Waals surface area (Å²) in [5, 5.41) is 9.46. The molecule has 0 saturated carbocycles. The molecule has 1 aromatic heterocycles. The van der Waals surface area contributed by atoms with E-state index in [-0.39, 0.29) is 12.5 Å². The third-order valence-electron chi connectivity index (χ3n) is 4.03. The van der Waals surface area contributed by atoms with Gasteiger partial charge in [0.25, 0.3) is 5.91 Å². The van der Waals surface area contributed by atoms with E-state index in [1.807, 2.05) is 31.2 Å². The molecule has 22 heavy (non-hydrogen) atoms. The number of aryl methyl sites for hydroxylation is 1. The van der Waals surface area contributed by atoms with Crippen LogP contribution in [0.2, 0.25) is 0 Å². The van der Waals surface area contributed by atoms with Crippen molar-refractivity contribution in [3.63, 3.8) is 0 Å². The molecule has 0 saturated heterocycles. The van der Waals surface area contributed by atoms with Crippen LogP contribution >= 0.6 is 0 Å². The Kier molecular flexibility index (Phi) is 3.66. The van der Waals surface area contributed by atoms with Crippen molar-refractivity contribution in [2.75, 3.05) is 6.54 Å². The highest BCUT2D eigenvalue weighted by molar-refractivity contribution is 5.92. The van der Waals surface area contributed by atoms with Crippen LogP contribution in [0.4, 0.5) is 0 Å². The van der Waals surface area contributed by atoms with E-state index in [4.69, 9.17) is 0 Å². The monoisotopic (exact) mass is 299 g/mol. The van der Waals surface area contributed by atoms with Crippen molar-refractivity contribution in [3.05, 3.63) is 53.6 Å². The van der Waals surface area contributed by atoms with Gasteiger partial charge in [-0.15, -0.1) is 0 Å². The van der Waals surface area contributed by atoms with Gasteiger partial charge in [-0.1, -0.05) is 24.3 Å². The predicted octanol–water partition coefficient (Wildman–Crippen LogP) is 1.73. The average molecular weight is 299 g/mol. The first-order valence-electron chi connectivity index (χ1n) is 7.22. The van der Waals surface area contributed by atoms with Gasteiger partial charge in [0, 0.05) is 32.0 Å². The number of benzene rings is 1. The fraction of sp³-hybridized carbons (Fsp3) is 0.312. The Bertz CT molecular complexity index is 723. The summed E-state index contributed by atoms with van der Waals surface area (Å²) < 4.78 is 1.76. The maximum Gasteiger partial charge on any atom is 0.312 e. The third-order valence-corrected chi connectivity index (χ3v) is 4.03. The van der Waals surface area contributed by atoms with E-state index < -0.39 is 11.9 Å². The molecule has 0 fully saturated rings. The number of hydrogen-bond acceptors (Lipinski definition) is 3. The molecule has 0 radical (unpaired) electrons. The Hall–Kier alpha value is -2.63. The zero-order valence-corrected chi connectivity index (χ0v) is 12.3. The van der Waals surface area contributed by atoms with Crippen molar-refractivity contribution in [3.8, 4) is 0 Å². The normalized spacial score (nSPS) is 17.1. The molecule has 3 rings (SSSR count). The zero-order valence-electron chi connectivity index (χ0n) is 12.3. The molecular weight excluding hydrogens is 282 g/mol. The van der Waals surface area contributed by atoms with E-state index in [2.05, 4.69) is 4.98 Å². The molecule has 0 aliphatic carbocycles. The van der Waals surface area contributed by atoms with E-state index in [9.17, 15) is 14.7 Å². The fourth-order valence-corrected chi connectivity index (χ4v) is 2.88. The number of carboxylic acid groups (broad SMARTS) is 1. The van der Waals surface area contributed by atoms with Crippen LogP contribution in [-0.4, -0.2) is 38.0 Å². The minimum atomic E-state index is -0.913. The molecule has 0 spiro atoms. The molecule has 1 aliphatic heterocycles. The molecule has 1 aromatic carbocycles. The number of carboxylic acids is 1. The summed E-state index contributed by atoms with van der Waals surface area (Å²) >= 11 is 0. The molecular formula is C16H17N3O3. The van der Waals surface area contributed by atoms with Crippen LogP contribution < -0.4 is 0 Å². The van der Waals surface area contributed by atoms with Crippen molar-refractivity contribution < 1.29 is 14.7 Å². The largest absolute Gasteiger partial charge is 0.481 e. The molecule has 2 aromatic rings. The molecule has 2 heterocycles. The number of hydrogen-bond donors (Lipinski definition) is 1. The van der Waals surface area contributed by atoms with Crippen LogP contribution in [0.5, 0.6) is 0 Å². The quantitative estimate of drug-likeness (QED) is 0.936. The Morgan fingerprint density at radius 3 is 2.86 bits per heavy atom. The number of carbonyl (C=O) groups excluding carboxylic acids is 1. The van der Waals surface area contributed by atoms with Crippen LogP contribution in [-0.2, 0) is 17.9 Å². The first kappa shape index (κ1) is 14.3. The fourth-order valence-electron chi connectivity index (χ4n) is 2.88. The van der Waals surface area contributed by atoms with Gasteiger partial charge in [-0.3, -0.25) is 9.59 Å². The lowest BCUT2D eigenvalue weighted by molar-refractivity contribution is -0.139. The number of rotatable bonds is 3. The predicted molar refractivity (Wildman–Crippen MR) is 79.5 cm³/mol. The summed E-state index contributed by atoms with van der Waals surface area (Å²) in [7, 11) is 0. The Balaban J connectivity index is 1.94. The lowest BCUT2D eigenvalue weighted by atomic mass is 9.90. The second-order valence-corrected chi connectivity index (χ2v) is 5.31. The molecule has 1 atom stereocenters. The van der Waals surface area contributed by atoms with E-state index >= 15 is 0 Å². The van der Waals surface area contributed by atoms with Gasteiger partial charge in [0.1, 0.15) is 0 Å². The van der Waals surface area contributed by atoms with E-state index in [1.54, 1.807) is 21.9 Å². The van der Waals surface area contributed by atoms with Gasteiger partial charge < -0.3 is 14.6 Å². The lowest BCUT2D eigenvalue weighted by Gasteiger charge is -2.32. The Morgan fingerprint density at radius 1 is 1.36 bits per heavy atom. The SMILES string of the molecule is CCn1ccnc1C(=O)N1Cc2ccccc2C(C(=O)O)C1. The van der Waals surface area contributed by atoms with Gasteiger partial charge in [-0.05, 0) is 18.1 Å². The molecule has 1 N–H and O–H groups in total. The number of carbonyl (C=O) groups is 2. The first-order chi connectivity index (χ1) is 10.6. The van der Waals surface area contributed by atoms with Crippen molar-refractivity contribution in [2.45, 2.75) is 25.9 Å². The molecule has 0 bridgehead atoms. The van der Waals surface area contributed by atoms with Crippen LogP contribution in [0.3, 0.4) is 0 Å². The second kappa shape index (κ2) is 5.63. The molecule has 114 valence electrons. The van der Waals surface area contributed by atoms with Gasteiger partial charge in [-0.25, -0.2) is 4.98 Å². The average Bonchev–Trinajstić information content (AvgIpc) is 3.01. The van der Waals surface area contributed by atoms with Crippen LogP contribution in [0.15, 0.2) is 36.7 Å². The van der Waals surface area contributed by atoms with Crippen molar-refractivity contribution in [1.82, 2.24) is 14.5 Å². The van der Waals surface area contributed by atoms with Crippen molar-refractivity contribution in [2.24, 2.45) is 0 Å². The summed E-state index contributed by atoms with van der Waals surface area (Å²) in [6, 6.07) is 7.38. The van der Waals surface area contributed by atoms with Gasteiger partial charge in [0.05, 0.1) is 5.92 Å². The Labute approximate surface area is 128 Å². The van der Waals surface area contributed by atoms with Crippen LogP contribution in [0.25, 0.3) is 0 Å². The highest BCUT2D eigenvalue weighted by Gasteiger charge is 2.33. The lowest BCUT2D eigenvalue weighted by Crippen LogP contribution is -2.41. The number of amides is 1. The number of nitrogens with zero attached hydrogens (tertiary/aromatic N) is 3.